The van der Waals surface area contributed by atoms with Crippen LogP contribution in [0.1, 0.15) is 17.0 Å². The Morgan fingerprint density at radius 2 is 1.75 bits per heavy atom. The van der Waals surface area contributed by atoms with Gasteiger partial charge in [0, 0.05) is 11.6 Å². The van der Waals surface area contributed by atoms with Gasteiger partial charge in [-0.3, -0.25) is 4.79 Å². The number of H-pyrrole nitrogens is 1. The molecule has 1 aromatic carbocycles. The smallest absolute Gasteiger partial charge is 0.251 e. The highest BCUT2D eigenvalue weighted by Gasteiger charge is 2.07. The van der Waals surface area contributed by atoms with E-state index in [9.17, 15) is 4.79 Å². The van der Waals surface area contributed by atoms with Crippen molar-refractivity contribution >= 4 is 0 Å². The monoisotopic (exact) mass is 214 g/mol. The van der Waals surface area contributed by atoms with Gasteiger partial charge in [0.05, 0.1) is 5.69 Å². The molecule has 0 saturated carbocycles. The summed E-state index contributed by atoms with van der Waals surface area (Å²) in [5.41, 5.74) is 3.97. The fraction of sp³-hybridized carbons (Fsp3) is 0.231. The molecule has 0 atom stereocenters. The molecule has 0 aliphatic rings. The molecule has 0 bridgehead atoms. The van der Waals surface area contributed by atoms with E-state index in [1.165, 1.54) is 0 Å². The van der Waals surface area contributed by atoms with Crippen LogP contribution in [0.25, 0.3) is 11.3 Å². The average molecular weight is 214 g/mol. The van der Waals surface area contributed by atoms with E-state index in [-0.39, 0.29) is 5.56 Å². The van der Waals surface area contributed by atoms with E-state index in [2.05, 4.69) is 9.97 Å². The van der Waals surface area contributed by atoms with Crippen LogP contribution in [0.2, 0.25) is 0 Å². The number of rotatable bonds is 1. The van der Waals surface area contributed by atoms with Crippen molar-refractivity contribution in [2.24, 2.45) is 0 Å². The molecule has 0 amide bonds. The van der Waals surface area contributed by atoms with Gasteiger partial charge in [-0.25, -0.2) is 4.98 Å². The first-order chi connectivity index (χ1) is 7.58. The largest absolute Gasteiger partial charge is 0.311 e. The van der Waals surface area contributed by atoms with Crippen LogP contribution in [0.5, 0.6) is 0 Å². The Labute approximate surface area is 94.2 Å². The lowest BCUT2D eigenvalue weighted by atomic mass is 10.00. The summed E-state index contributed by atoms with van der Waals surface area (Å²) < 4.78 is 0. The quantitative estimate of drug-likeness (QED) is 0.792. The molecule has 3 heteroatoms. The highest BCUT2D eigenvalue weighted by Crippen LogP contribution is 2.24. The van der Waals surface area contributed by atoms with Crippen LogP contribution in [0, 0.1) is 20.8 Å². The molecular weight excluding hydrogens is 200 g/mol. The first-order valence-corrected chi connectivity index (χ1v) is 5.22. The lowest BCUT2D eigenvalue weighted by Crippen LogP contribution is -2.09. The SMILES string of the molecule is Cc1nc(-c2c(C)cccc2C)cc(=O)[nH]1. The van der Waals surface area contributed by atoms with E-state index in [1.54, 1.807) is 13.0 Å². The third-order valence-electron chi connectivity index (χ3n) is 2.60. The third-order valence-corrected chi connectivity index (χ3v) is 2.60. The lowest BCUT2D eigenvalue weighted by molar-refractivity contribution is 1.02. The lowest BCUT2D eigenvalue weighted by Gasteiger charge is -2.08. The van der Waals surface area contributed by atoms with Crippen molar-refractivity contribution in [2.45, 2.75) is 20.8 Å². The Kier molecular flexibility index (Phi) is 2.60. The van der Waals surface area contributed by atoms with Gasteiger partial charge in [0.1, 0.15) is 5.82 Å². The van der Waals surface area contributed by atoms with Gasteiger partial charge in [-0.1, -0.05) is 18.2 Å². The molecule has 2 rings (SSSR count). The molecule has 82 valence electrons. The van der Waals surface area contributed by atoms with Gasteiger partial charge >= 0.3 is 0 Å². The normalized spacial score (nSPS) is 10.4. The van der Waals surface area contributed by atoms with Gasteiger partial charge < -0.3 is 4.98 Å². The zero-order valence-electron chi connectivity index (χ0n) is 9.66. The van der Waals surface area contributed by atoms with E-state index in [0.717, 1.165) is 22.4 Å². The van der Waals surface area contributed by atoms with E-state index in [0.29, 0.717) is 5.82 Å². The summed E-state index contributed by atoms with van der Waals surface area (Å²) in [4.78, 5) is 18.4. The maximum atomic E-state index is 11.4. The van der Waals surface area contributed by atoms with Crippen LogP contribution in [0.3, 0.4) is 0 Å². The second-order valence-electron chi connectivity index (χ2n) is 3.98. The summed E-state index contributed by atoms with van der Waals surface area (Å²) in [6.45, 7) is 5.85. The summed E-state index contributed by atoms with van der Waals surface area (Å²) in [6.07, 6.45) is 0. The van der Waals surface area contributed by atoms with Gasteiger partial charge in [-0.2, -0.15) is 0 Å². The maximum absolute atomic E-state index is 11.4. The molecule has 0 aliphatic heterocycles. The van der Waals surface area contributed by atoms with Gasteiger partial charge in [-0.15, -0.1) is 0 Å². The first-order valence-electron chi connectivity index (χ1n) is 5.22. The van der Waals surface area contributed by atoms with Crippen molar-refractivity contribution < 1.29 is 0 Å². The van der Waals surface area contributed by atoms with Crippen molar-refractivity contribution in [1.29, 1.82) is 0 Å². The molecule has 3 nitrogen and oxygen atoms in total. The standard InChI is InChI=1S/C13H14N2O/c1-8-5-4-6-9(2)13(8)11-7-12(16)15-10(3)14-11/h4-7H,1-3H3,(H,14,15,16). The molecule has 1 aromatic heterocycles. The number of nitrogens with zero attached hydrogens (tertiary/aromatic N) is 1. The van der Waals surface area contributed by atoms with E-state index >= 15 is 0 Å². The number of aromatic amines is 1. The molecule has 0 saturated heterocycles. The highest BCUT2D eigenvalue weighted by molar-refractivity contribution is 5.67. The summed E-state index contributed by atoms with van der Waals surface area (Å²) in [7, 11) is 0. The predicted octanol–water partition coefficient (Wildman–Crippen LogP) is 2.36. The van der Waals surface area contributed by atoms with Gasteiger partial charge in [0.25, 0.3) is 5.56 Å². The van der Waals surface area contributed by atoms with Crippen LogP contribution < -0.4 is 5.56 Å². The minimum Gasteiger partial charge on any atom is -0.311 e. The number of nitrogens with one attached hydrogen (secondary N) is 1. The second-order valence-corrected chi connectivity index (χ2v) is 3.98. The molecular formula is C13H14N2O. The first kappa shape index (κ1) is 10.6. The number of hydrogen-bond acceptors (Lipinski definition) is 2. The molecule has 0 radical (unpaired) electrons. The Hall–Kier alpha value is -1.90. The van der Waals surface area contributed by atoms with Crippen LogP contribution in [-0.4, -0.2) is 9.97 Å². The zero-order chi connectivity index (χ0) is 11.7. The fourth-order valence-corrected chi connectivity index (χ4v) is 1.93. The fourth-order valence-electron chi connectivity index (χ4n) is 1.93. The molecule has 16 heavy (non-hydrogen) atoms. The topological polar surface area (TPSA) is 45.8 Å². The maximum Gasteiger partial charge on any atom is 0.251 e. The number of hydrogen-bond donors (Lipinski definition) is 1. The Morgan fingerprint density at radius 3 is 2.31 bits per heavy atom. The van der Waals surface area contributed by atoms with Crippen LogP contribution in [0.4, 0.5) is 0 Å². The molecule has 0 aliphatic carbocycles. The molecule has 1 N–H and O–H groups in total. The molecule has 2 aromatic rings. The minimum absolute atomic E-state index is 0.106. The predicted molar refractivity (Wildman–Crippen MR) is 64.5 cm³/mol. The van der Waals surface area contributed by atoms with E-state index in [1.807, 2.05) is 32.0 Å². The summed E-state index contributed by atoms with van der Waals surface area (Å²) in [5.74, 6) is 0.644. The van der Waals surface area contributed by atoms with Crippen molar-refractivity contribution in [2.75, 3.05) is 0 Å². The molecule has 0 spiro atoms. The second kappa shape index (κ2) is 3.93. The highest BCUT2D eigenvalue weighted by atomic mass is 16.1. The number of benzene rings is 1. The summed E-state index contributed by atoms with van der Waals surface area (Å²) in [5, 5.41) is 0. The van der Waals surface area contributed by atoms with Crippen LogP contribution in [0.15, 0.2) is 29.1 Å². The van der Waals surface area contributed by atoms with Crippen LogP contribution in [-0.2, 0) is 0 Å². The molecule has 1 heterocycles. The minimum atomic E-state index is -0.106. The van der Waals surface area contributed by atoms with E-state index < -0.39 is 0 Å². The van der Waals surface area contributed by atoms with Gasteiger partial charge in [0.2, 0.25) is 0 Å². The Bertz CT molecular complexity index is 564. The van der Waals surface area contributed by atoms with E-state index in [4.69, 9.17) is 0 Å². The molecule has 0 fully saturated rings. The summed E-state index contributed by atoms with van der Waals surface area (Å²) in [6, 6.07) is 7.61. The van der Waals surface area contributed by atoms with Gasteiger partial charge in [0.15, 0.2) is 0 Å². The van der Waals surface area contributed by atoms with Crippen molar-refractivity contribution in [3.8, 4) is 11.3 Å². The van der Waals surface area contributed by atoms with Crippen molar-refractivity contribution in [1.82, 2.24) is 9.97 Å². The zero-order valence-corrected chi connectivity index (χ0v) is 9.66. The Balaban J connectivity index is 2.72. The summed E-state index contributed by atoms with van der Waals surface area (Å²) >= 11 is 0. The van der Waals surface area contributed by atoms with Crippen molar-refractivity contribution in [3.05, 3.63) is 51.6 Å². The average Bonchev–Trinajstić information content (AvgIpc) is 2.15. The number of aromatic nitrogens is 2. The van der Waals surface area contributed by atoms with Gasteiger partial charge in [-0.05, 0) is 31.9 Å². The third kappa shape index (κ3) is 1.89. The molecule has 0 unspecified atom stereocenters. The van der Waals surface area contributed by atoms with Crippen molar-refractivity contribution in [3.63, 3.8) is 0 Å². The number of aryl methyl sites for hydroxylation is 3. The van der Waals surface area contributed by atoms with Crippen LogP contribution >= 0.6 is 0 Å². The Morgan fingerprint density at radius 1 is 1.12 bits per heavy atom.